The third-order valence-corrected chi connectivity index (χ3v) is 8.15. The second kappa shape index (κ2) is 9.31. The molecule has 3 aromatic carbocycles. The lowest BCUT2D eigenvalue weighted by atomic mass is 9.81. The molecular weight excluding hydrogens is 512 g/mol. The monoisotopic (exact) mass is 540 g/mol. The molecule has 204 valence electrons. The van der Waals surface area contributed by atoms with Crippen LogP contribution in [-0.4, -0.2) is 57.6 Å². The fraction of sp³-hybridized carbons (Fsp3) is 0.290. The van der Waals surface area contributed by atoms with Crippen molar-refractivity contribution in [3.8, 4) is 39.9 Å². The van der Waals surface area contributed by atoms with Crippen LogP contribution in [-0.2, 0) is 11.2 Å². The van der Waals surface area contributed by atoms with E-state index in [2.05, 4.69) is 16.0 Å². The number of rotatable bonds is 5. The van der Waals surface area contributed by atoms with Gasteiger partial charge in [0.05, 0.1) is 27.4 Å². The van der Waals surface area contributed by atoms with Crippen LogP contribution in [0, 0.1) is 0 Å². The topological polar surface area (TPSA) is 88.6 Å². The van der Waals surface area contributed by atoms with Crippen molar-refractivity contribution in [1.29, 1.82) is 0 Å². The fourth-order valence-corrected chi connectivity index (χ4v) is 6.43. The average Bonchev–Trinajstić information content (AvgIpc) is 3.60. The molecule has 9 heteroatoms. The van der Waals surface area contributed by atoms with Gasteiger partial charge in [0.15, 0.2) is 23.0 Å². The molecule has 0 radical (unpaired) electrons. The molecule has 4 aromatic rings. The van der Waals surface area contributed by atoms with E-state index in [-0.39, 0.29) is 12.8 Å². The van der Waals surface area contributed by atoms with Crippen LogP contribution >= 0.6 is 0 Å². The molecule has 2 unspecified atom stereocenters. The van der Waals surface area contributed by atoms with Crippen molar-refractivity contribution < 1.29 is 33.2 Å². The first-order valence-corrected chi connectivity index (χ1v) is 13.1. The maximum Gasteiger partial charge on any atom is 0.343 e. The van der Waals surface area contributed by atoms with E-state index in [1.807, 2.05) is 43.7 Å². The SMILES string of the molecule is COc1ccc2c(c1OC)C(=O)OC2C1c2c(c(-c3cncc4ccccc34)c3c(c2OC)OCO3)CCN1C. The summed E-state index contributed by atoms with van der Waals surface area (Å²) in [7, 11) is 6.73. The highest BCUT2D eigenvalue weighted by Crippen LogP contribution is 2.59. The Morgan fingerprint density at radius 1 is 0.925 bits per heavy atom. The van der Waals surface area contributed by atoms with Gasteiger partial charge in [-0.15, -0.1) is 0 Å². The molecule has 0 bridgehead atoms. The number of nitrogens with zero attached hydrogens (tertiary/aromatic N) is 2. The minimum absolute atomic E-state index is 0.0819. The Bertz CT molecular complexity index is 1680. The molecule has 0 saturated carbocycles. The molecule has 0 saturated heterocycles. The van der Waals surface area contributed by atoms with Crippen LogP contribution in [0.2, 0.25) is 0 Å². The minimum Gasteiger partial charge on any atom is -0.493 e. The van der Waals surface area contributed by atoms with Gasteiger partial charge in [-0.2, -0.15) is 0 Å². The Kier molecular flexibility index (Phi) is 5.71. The summed E-state index contributed by atoms with van der Waals surface area (Å²) in [5, 5.41) is 2.09. The first-order valence-electron chi connectivity index (χ1n) is 13.1. The number of ether oxygens (including phenoxy) is 6. The predicted octanol–water partition coefficient (Wildman–Crippen LogP) is 5.10. The third kappa shape index (κ3) is 3.37. The number of methoxy groups -OCH3 is 3. The highest BCUT2D eigenvalue weighted by atomic mass is 16.7. The Morgan fingerprint density at radius 2 is 1.73 bits per heavy atom. The molecule has 0 N–H and O–H groups in total. The summed E-state index contributed by atoms with van der Waals surface area (Å²) >= 11 is 0. The minimum atomic E-state index is -0.612. The summed E-state index contributed by atoms with van der Waals surface area (Å²) in [6.07, 6.45) is 3.85. The second-order valence-electron chi connectivity index (χ2n) is 10.0. The zero-order chi connectivity index (χ0) is 27.5. The average molecular weight is 541 g/mol. The van der Waals surface area contributed by atoms with Gasteiger partial charge in [-0.25, -0.2) is 4.79 Å². The van der Waals surface area contributed by atoms with Crippen LogP contribution in [0.3, 0.4) is 0 Å². The maximum absolute atomic E-state index is 13.3. The molecular formula is C31H28N2O7. The van der Waals surface area contributed by atoms with Crippen LogP contribution in [0.15, 0.2) is 48.8 Å². The smallest absolute Gasteiger partial charge is 0.343 e. The van der Waals surface area contributed by atoms with Crippen LogP contribution in [0.4, 0.5) is 0 Å². The van der Waals surface area contributed by atoms with Gasteiger partial charge >= 0.3 is 5.97 Å². The quantitative estimate of drug-likeness (QED) is 0.321. The highest BCUT2D eigenvalue weighted by Gasteiger charge is 2.47. The number of carbonyl (C=O) groups excluding carboxylic acids is 1. The third-order valence-electron chi connectivity index (χ3n) is 8.15. The molecule has 3 aliphatic heterocycles. The molecule has 4 heterocycles. The van der Waals surface area contributed by atoms with E-state index in [1.54, 1.807) is 20.3 Å². The van der Waals surface area contributed by atoms with E-state index in [0.717, 1.165) is 51.6 Å². The van der Waals surface area contributed by atoms with Gasteiger partial charge in [-0.3, -0.25) is 9.88 Å². The van der Waals surface area contributed by atoms with Gasteiger partial charge in [0.25, 0.3) is 0 Å². The number of esters is 1. The van der Waals surface area contributed by atoms with E-state index in [0.29, 0.717) is 34.3 Å². The normalized spacial score (nSPS) is 19.2. The van der Waals surface area contributed by atoms with E-state index >= 15 is 0 Å². The lowest BCUT2D eigenvalue weighted by Gasteiger charge is -2.39. The van der Waals surface area contributed by atoms with Gasteiger partial charge in [-0.1, -0.05) is 30.3 Å². The highest BCUT2D eigenvalue weighted by molar-refractivity contribution is 6.00. The van der Waals surface area contributed by atoms with Gasteiger partial charge in [0, 0.05) is 46.6 Å². The lowest BCUT2D eigenvalue weighted by molar-refractivity contribution is 0.00877. The molecule has 0 aliphatic carbocycles. The van der Waals surface area contributed by atoms with Crippen molar-refractivity contribution in [3.05, 3.63) is 71.0 Å². The summed E-state index contributed by atoms with van der Waals surface area (Å²) in [5.41, 5.74) is 4.97. The summed E-state index contributed by atoms with van der Waals surface area (Å²) in [6.45, 7) is 0.806. The van der Waals surface area contributed by atoms with Crippen molar-refractivity contribution >= 4 is 16.7 Å². The first kappa shape index (κ1) is 24.5. The maximum atomic E-state index is 13.3. The zero-order valence-electron chi connectivity index (χ0n) is 22.6. The lowest BCUT2D eigenvalue weighted by Crippen LogP contribution is -2.36. The van der Waals surface area contributed by atoms with Gasteiger partial charge in [0.1, 0.15) is 11.7 Å². The largest absolute Gasteiger partial charge is 0.493 e. The Balaban J connectivity index is 1.50. The molecule has 3 aliphatic rings. The van der Waals surface area contributed by atoms with E-state index in [1.165, 1.54) is 7.11 Å². The van der Waals surface area contributed by atoms with Crippen LogP contribution in [0.25, 0.3) is 21.9 Å². The molecule has 0 spiro atoms. The Labute approximate surface area is 231 Å². The second-order valence-corrected chi connectivity index (χ2v) is 10.0. The molecule has 0 fully saturated rings. The van der Waals surface area contributed by atoms with E-state index < -0.39 is 12.1 Å². The molecule has 2 atom stereocenters. The number of hydrogen-bond acceptors (Lipinski definition) is 9. The van der Waals surface area contributed by atoms with Crippen molar-refractivity contribution in [2.24, 2.45) is 0 Å². The van der Waals surface area contributed by atoms with Crippen LogP contribution in [0.5, 0.6) is 28.7 Å². The standard InChI is InChI=1S/C31H28N2O7/c1-33-12-11-18-22(20-14-32-13-16-7-5-6-8-17(16)20)29-30(39-15-38-29)28(37-4)23(18)25(33)26-19-9-10-21(35-2)27(36-3)24(19)31(34)40-26/h5-10,13-14,25-26H,11-12,15H2,1-4H3. The number of cyclic esters (lactones) is 1. The summed E-state index contributed by atoms with van der Waals surface area (Å²) in [4.78, 5) is 20.1. The summed E-state index contributed by atoms with van der Waals surface area (Å²) in [6, 6.07) is 11.5. The van der Waals surface area contributed by atoms with Gasteiger partial charge in [-0.05, 0) is 30.5 Å². The number of pyridine rings is 1. The molecule has 1 aromatic heterocycles. The van der Waals surface area contributed by atoms with Crippen molar-refractivity contribution in [2.45, 2.75) is 18.6 Å². The predicted molar refractivity (Wildman–Crippen MR) is 147 cm³/mol. The van der Waals surface area contributed by atoms with E-state index in [9.17, 15) is 4.79 Å². The summed E-state index contributed by atoms with van der Waals surface area (Å²) in [5.74, 6) is 2.17. The number of fused-ring (bicyclic) bond motifs is 4. The summed E-state index contributed by atoms with van der Waals surface area (Å²) < 4.78 is 35.3. The van der Waals surface area contributed by atoms with Gasteiger partial charge in [0.2, 0.25) is 12.5 Å². The zero-order valence-corrected chi connectivity index (χ0v) is 22.6. The van der Waals surface area contributed by atoms with E-state index in [4.69, 9.17) is 28.4 Å². The number of benzene rings is 3. The van der Waals surface area contributed by atoms with Crippen LogP contribution in [0.1, 0.15) is 39.2 Å². The van der Waals surface area contributed by atoms with Gasteiger partial charge < -0.3 is 28.4 Å². The Morgan fingerprint density at radius 3 is 2.52 bits per heavy atom. The molecule has 0 amide bonds. The Hall–Kier alpha value is -4.50. The fourth-order valence-electron chi connectivity index (χ4n) is 6.43. The first-order chi connectivity index (χ1) is 19.6. The van der Waals surface area contributed by atoms with Crippen molar-refractivity contribution in [1.82, 2.24) is 9.88 Å². The van der Waals surface area contributed by atoms with Crippen molar-refractivity contribution in [3.63, 3.8) is 0 Å². The number of carbonyl (C=O) groups is 1. The van der Waals surface area contributed by atoms with Crippen LogP contribution < -0.4 is 23.7 Å². The molecule has 7 rings (SSSR count). The molecule has 9 nitrogen and oxygen atoms in total. The number of hydrogen-bond donors (Lipinski definition) is 0. The number of aromatic nitrogens is 1. The number of likely N-dealkylation sites (N-methyl/N-ethyl adjacent to an activating group) is 1. The molecule has 40 heavy (non-hydrogen) atoms. The van der Waals surface area contributed by atoms with Crippen molar-refractivity contribution in [2.75, 3.05) is 41.7 Å².